The lowest BCUT2D eigenvalue weighted by atomic mass is 10.0. The van der Waals surface area contributed by atoms with Gasteiger partial charge >= 0.3 is 12.1 Å². The predicted octanol–water partition coefficient (Wildman–Crippen LogP) is 2.94. The lowest BCUT2D eigenvalue weighted by Gasteiger charge is -2.21. The number of nitrogens with zero attached hydrogens (tertiary/aromatic N) is 1. The van der Waals surface area contributed by atoms with Crippen LogP contribution in [0.5, 0.6) is 0 Å². The zero-order valence-electron chi connectivity index (χ0n) is 12.1. The average Bonchev–Trinajstić information content (AvgIpc) is 2.75. The van der Waals surface area contributed by atoms with Gasteiger partial charge in [0.25, 0.3) is 0 Å². The average molecular weight is 267 g/mol. The van der Waals surface area contributed by atoms with Crippen LogP contribution in [0.2, 0.25) is 0 Å². The van der Waals surface area contributed by atoms with E-state index >= 15 is 0 Å². The first-order valence-corrected chi connectivity index (χ1v) is 6.22. The van der Waals surface area contributed by atoms with Crippen molar-refractivity contribution in [3.8, 4) is 0 Å². The van der Waals surface area contributed by atoms with Crippen LogP contribution in [0.15, 0.2) is 18.3 Å². The second-order valence-electron chi connectivity index (χ2n) is 5.46. The minimum atomic E-state index is -0.551. The Balaban J connectivity index is 2.85. The van der Waals surface area contributed by atoms with Gasteiger partial charge in [-0.25, -0.2) is 4.79 Å². The first-order valence-electron chi connectivity index (χ1n) is 6.22. The van der Waals surface area contributed by atoms with Gasteiger partial charge in [0.2, 0.25) is 0 Å². The van der Waals surface area contributed by atoms with Crippen LogP contribution >= 0.6 is 0 Å². The van der Waals surface area contributed by atoms with Crippen LogP contribution in [0.25, 0.3) is 0 Å². The fraction of sp³-hybridized carbons (Fsp3) is 0.571. The van der Waals surface area contributed by atoms with E-state index in [0.717, 1.165) is 5.69 Å². The highest BCUT2D eigenvalue weighted by atomic mass is 16.6. The monoisotopic (exact) mass is 267 g/mol. The van der Waals surface area contributed by atoms with Crippen molar-refractivity contribution in [1.29, 1.82) is 0 Å². The van der Waals surface area contributed by atoms with Crippen LogP contribution in [0.1, 0.15) is 45.7 Å². The van der Waals surface area contributed by atoms with E-state index < -0.39 is 11.7 Å². The van der Waals surface area contributed by atoms with Crippen molar-refractivity contribution in [1.82, 2.24) is 4.57 Å². The molecule has 0 aromatic carbocycles. The van der Waals surface area contributed by atoms with Gasteiger partial charge in [-0.05, 0) is 32.9 Å². The Kier molecular flexibility index (Phi) is 4.75. The normalized spacial score (nSPS) is 12.9. The van der Waals surface area contributed by atoms with Crippen molar-refractivity contribution in [2.75, 3.05) is 7.11 Å². The second kappa shape index (κ2) is 5.91. The summed E-state index contributed by atoms with van der Waals surface area (Å²) in [6.45, 7) is 7.30. The number of rotatable bonds is 3. The predicted molar refractivity (Wildman–Crippen MR) is 71.1 cm³/mol. The summed E-state index contributed by atoms with van der Waals surface area (Å²) in [6.07, 6.45) is 1.42. The lowest BCUT2D eigenvalue weighted by Crippen LogP contribution is -2.28. The first kappa shape index (κ1) is 15.3. The summed E-state index contributed by atoms with van der Waals surface area (Å²) in [7, 11) is 1.35. The van der Waals surface area contributed by atoms with E-state index in [1.807, 2.05) is 27.7 Å². The molecule has 5 heteroatoms. The van der Waals surface area contributed by atoms with Gasteiger partial charge in [0.1, 0.15) is 5.60 Å². The van der Waals surface area contributed by atoms with Gasteiger partial charge in [-0.2, -0.15) is 0 Å². The molecule has 0 bridgehead atoms. The molecule has 19 heavy (non-hydrogen) atoms. The zero-order valence-corrected chi connectivity index (χ0v) is 12.1. The fourth-order valence-electron chi connectivity index (χ4n) is 1.71. The number of carbonyl (C=O) groups excluding carboxylic acids is 2. The zero-order chi connectivity index (χ0) is 14.6. The minimum Gasteiger partial charge on any atom is -0.469 e. The summed E-state index contributed by atoms with van der Waals surface area (Å²) < 4.78 is 11.4. The smallest absolute Gasteiger partial charge is 0.418 e. The van der Waals surface area contributed by atoms with Crippen LogP contribution in [0.3, 0.4) is 0 Å². The van der Waals surface area contributed by atoms with Crippen molar-refractivity contribution in [3.63, 3.8) is 0 Å². The quantitative estimate of drug-likeness (QED) is 0.790. The van der Waals surface area contributed by atoms with Gasteiger partial charge in [0.05, 0.1) is 13.5 Å². The number of hydrogen-bond donors (Lipinski definition) is 0. The van der Waals surface area contributed by atoms with Crippen LogP contribution in [0.4, 0.5) is 4.79 Å². The minimum absolute atomic E-state index is 0.116. The number of carbonyl (C=O) groups is 2. The molecule has 1 aromatic rings. The van der Waals surface area contributed by atoms with E-state index in [1.54, 1.807) is 18.3 Å². The molecule has 0 saturated carbocycles. The Hall–Kier alpha value is -1.78. The van der Waals surface area contributed by atoms with Gasteiger partial charge in [-0.1, -0.05) is 6.92 Å². The van der Waals surface area contributed by atoms with E-state index in [9.17, 15) is 9.59 Å². The Bertz CT molecular complexity index is 456. The van der Waals surface area contributed by atoms with Crippen molar-refractivity contribution >= 4 is 12.1 Å². The number of esters is 1. The molecule has 0 aliphatic rings. The lowest BCUT2D eigenvalue weighted by molar-refractivity contribution is -0.141. The number of hydrogen-bond acceptors (Lipinski definition) is 4. The second-order valence-corrected chi connectivity index (χ2v) is 5.46. The topological polar surface area (TPSA) is 57.5 Å². The molecule has 0 N–H and O–H groups in total. The van der Waals surface area contributed by atoms with Crippen LogP contribution in [-0.4, -0.2) is 29.3 Å². The Labute approximate surface area is 113 Å². The van der Waals surface area contributed by atoms with E-state index in [-0.39, 0.29) is 18.3 Å². The third-order valence-corrected chi connectivity index (χ3v) is 2.58. The molecule has 0 radical (unpaired) electrons. The number of ether oxygens (including phenoxy) is 2. The third kappa shape index (κ3) is 4.43. The molecule has 0 saturated heterocycles. The van der Waals surface area contributed by atoms with Crippen molar-refractivity contribution in [2.45, 2.75) is 45.6 Å². The Morgan fingerprint density at radius 3 is 2.53 bits per heavy atom. The maximum atomic E-state index is 12.0. The number of methoxy groups -OCH3 is 1. The largest absolute Gasteiger partial charge is 0.469 e. The molecular formula is C14H21NO4. The molecule has 106 valence electrons. The highest BCUT2D eigenvalue weighted by Crippen LogP contribution is 2.21. The molecule has 1 heterocycles. The summed E-state index contributed by atoms with van der Waals surface area (Å²) in [5.74, 6) is -0.417. The molecule has 0 unspecified atom stereocenters. The van der Waals surface area contributed by atoms with Gasteiger partial charge < -0.3 is 9.47 Å². The van der Waals surface area contributed by atoms with Crippen molar-refractivity contribution in [2.24, 2.45) is 0 Å². The van der Waals surface area contributed by atoms with Gasteiger partial charge in [0.15, 0.2) is 0 Å². The van der Waals surface area contributed by atoms with E-state index in [1.165, 1.54) is 11.7 Å². The van der Waals surface area contributed by atoms with E-state index in [0.29, 0.717) is 0 Å². The summed E-state index contributed by atoms with van der Waals surface area (Å²) in [5, 5.41) is 0. The molecule has 0 aliphatic heterocycles. The van der Waals surface area contributed by atoms with E-state index in [2.05, 4.69) is 4.74 Å². The molecule has 1 aromatic heterocycles. The third-order valence-electron chi connectivity index (χ3n) is 2.58. The van der Waals surface area contributed by atoms with Crippen LogP contribution < -0.4 is 0 Å². The maximum Gasteiger partial charge on any atom is 0.418 e. The Morgan fingerprint density at radius 2 is 2.00 bits per heavy atom. The maximum absolute atomic E-state index is 12.0. The molecule has 0 amide bonds. The van der Waals surface area contributed by atoms with Gasteiger partial charge in [-0.3, -0.25) is 9.36 Å². The summed E-state index contributed by atoms with van der Waals surface area (Å²) in [5.41, 5.74) is 0.184. The molecule has 0 spiro atoms. The Morgan fingerprint density at radius 1 is 1.37 bits per heavy atom. The molecule has 0 aliphatic carbocycles. The molecule has 1 atom stereocenters. The highest BCUT2D eigenvalue weighted by Gasteiger charge is 2.22. The molecule has 1 rings (SSSR count). The summed E-state index contributed by atoms with van der Waals surface area (Å²) >= 11 is 0. The SMILES string of the molecule is COC(=O)C[C@@H](C)c1cccn1C(=O)OC(C)(C)C. The molecule has 0 fully saturated rings. The number of aromatic nitrogens is 1. The highest BCUT2D eigenvalue weighted by molar-refractivity contribution is 5.73. The summed E-state index contributed by atoms with van der Waals surface area (Å²) in [4.78, 5) is 23.3. The van der Waals surface area contributed by atoms with Crippen molar-refractivity contribution < 1.29 is 19.1 Å². The van der Waals surface area contributed by atoms with Crippen molar-refractivity contribution in [3.05, 3.63) is 24.0 Å². The molecule has 5 nitrogen and oxygen atoms in total. The van der Waals surface area contributed by atoms with Gasteiger partial charge in [0, 0.05) is 17.8 Å². The van der Waals surface area contributed by atoms with E-state index in [4.69, 9.17) is 4.74 Å². The van der Waals surface area contributed by atoms with Crippen LogP contribution in [-0.2, 0) is 14.3 Å². The van der Waals surface area contributed by atoms with Crippen LogP contribution in [0, 0.1) is 0 Å². The summed E-state index contributed by atoms with van der Waals surface area (Å²) in [6, 6.07) is 3.56. The first-order chi connectivity index (χ1) is 8.74. The van der Waals surface area contributed by atoms with Gasteiger partial charge in [-0.15, -0.1) is 0 Å². The molecular weight excluding hydrogens is 246 g/mol. The standard InChI is InChI=1S/C14H21NO4/c1-10(9-12(16)18-5)11-7-6-8-15(11)13(17)19-14(2,3)4/h6-8,10H,9H2,1-5H3/t10-/m1/s1. The fourth-order valence-corrected chi connectivity index (χ4v) is 1.71.